The normalized spacial score (nSPS) is 11.2. The Morgan fingerprint density at radius 2 is 1.52 bits per heavy atom. The lowest BCUT2D eigenvalue weighted by molar-refractivity contribution is -0.119. The molecule has 0 aliphatic heterocycles. The number of hydrazone groups is 1. The molecule has 0 spiro atoms. The molecule has 0 radical (unpaired) electrons. The minimum absolute atomic E-state index is 0.0577. The van der Waals surface area contributed by atoms with E-state index < -0.39 is 22.5 Å². The highest BCUT2D eigenvalue weighted by Gasteiger charge is 2.30. The minimum atomic E-state index is -4.34. The van der Waals surface area contributed by atoms with Gasteiger partial charge in [-0.1, -0.05) is 35.3 Å². The van der Waals surface area contributed by atoms with Crippen molar-refractivity contribution in [2.24, 2.45) is 5.10 Å². The van der Waals surface area contributed by atoms with Crippen LogP contribution in [0.1, 0.15) is 11.1 Å². The molecule has 0 aromatic heterocycles. The van der Waals surface area contributed by atoms with E-state index in [4.69, 9.17) is 42.1 Å². The number of carbonyl (C=O) groups excluding carboxylic acids is 1. The lowest BCUT2D eigenvalue weighted by Gasteiger charge is -2.25. The lowest BCUT2D eigenvalue weighted by Crippen LogP contribution is -2.39. The van der Waals surface area contributed by atoms with Crippen molar-refractivity contribution in [3.63, 3.8) is 0 Å². The molecule has 0 heterocycles. The molecule has 4 aromatic carbocycles. The van der Waals surface area contributed by atoms with Crippen LogP contribution in [0.3, 0.4) is 0 Å². The second-order valence-electron chi connectivity index (χ2n) is 9.13. The first kappa shape index (κ1) is 32.5. The third-order valence-electron chi connectivity index (χ3n) is 6.22. The monoisotopic (exact) mass is 657 g/mol. The zero-order valence-electron chi connectivity index (χ0n) is 24.0. The predicted octanol–water partition coefficient (Wildman–Crippen LogP) is 5.94. The largest absolute Gasteiger partial charge is 0.495 e. The first-order valence-corrected chi connectivity index (χ1v) is 15.2. The van der Waals surface area contributed by atoms with Crippen molar-refractivity contribution in [3.8, 4) is 23.0 Å². The average Bonchev–Trinajstić information content (AvgIpc) is 3.02. The van der Waals surface area contributed by atoms with E-state index in [9.17, 15) is 13.2 Å². The van der Waals surface area contributed by atoms with Crippen LogP contribution in [0.5, 0.6) is 23.0 Å². The number of nitrogens with one attached hydrogen (secondary N) is 1. The molecule has 0 unspecified atom stereocenters. The third-order valence-corrected chi connectivity index (χ3v) is 8.44. The van der Waals surface area contributed by atoms with Crippen molar-refractivity contribution in [3.05, 3.63) is 106 Å². The Morgan fingerprint density at radius 1 is 0.841 bits per heavy atom. The number of halogens is 2. The topological polar surface area (TPSA) is 116 Å². The molecule has 0 saturated carbocycles. The van der Waals surface area contributed by atoms with Crippen molar-refractivity contribution >= 4 is 51.0 Å². The average molecular weight is 659 g/mol. The van der Waals surface area contributed by atoms with E-state index in [1.807, 2.05) is 18.2 Å². The van der Waals surface area contributed by atoms with E-state index in [2.05, 4.69) is 10.5 Å². The summed E-state index contributed by atoms with van der Waals surface area (Å²) in [7, 11) is -0.137. The van der Waals surface area contributed by atoms with Crippen LogP contribution >= 0.6 is 23.2 Å². The Bertz CT molecular complexity index is 1750. The van der Waals surface area contributed by atoms with Crippen LogP contribution < -0.4 is 28.7 Å². The van der Waals surface area contributed by atoms with Crippen LogP contribution in [0.15, 0.2) is 94.9 Å². The van der Waals surface area contributed by atoms with Crippen LogP contribution in [-0.4, -0.2) is 48.4 Å². The number of sulfonamides is 1. The summed E-state index contributed by atoms with van der Waals surface area (Å²) in [5.74, 6) is 0.645. The fourth-order valence-corrected chi connectivity index (χ4v) is 5.87. The standard InChI is InChI=1S/C31H29Cl2N3O7S/c1-40-28-13-9-24(33)16-27(28)36(44(38,39)26-12-14-29(41-2)30(17-26)42-3)19-31(37)35-34-18-21-7-10-25(11-8-21)43-20-22-5-4-6-23(32)15-22/h4-18H,19-20H2,1-3H3,(H,35,37)/b34-18-. The molecule has 0 fully saturated rings. The van der Waals surface area contributed by atoms with Gasteiger partial charge in [0, 0.05) is 16.1 Å². The minimum Gasteiger partial charge on any atom is -0.495 e. The van der Waals surface area contributed by atoms with E-state index in [1.54, 1.807) is 36.4 Å². The Labute approximate surface area is 265 Å². The number of ether oxygens (including phenoxy) is 4. The number of benzene rings is 4. The van der Waals surface area contributed by atoms with Gasteiger partial charge in [-0.2, -0.15) is 5.10 Å². The Hall–Kier alpha value is -4.45. The molecule has 0 saturated heterocycles. The van der Waals surface area contributed by atoms with E-state index >= 15 is 0 Å². The Kier molecular flexibility index (Phi) is 10.9. The molecule has 230 valence electrons. The second kappa shape index (κ2) is 14.8. The summed E-state index contributed by atoms with van der Waals surface area (Å²) >= 11 is 12.2. The molecule has 1 N–H and O–H groups in total. The summed E-state index contributed by atoms with van der Waals surface area (Å²) in [4.78, 5) is 12.9. The summed E-state index contributed by atoms with van der Waals surface area (Å²) in [5.41, 5.74) is 4.04. The maximum absolute atomic E-state index is 13.9. The van der Waals surface area contributed by atoms with Gasteiger partial charge in [0.15, 0.2) is 11.5 Å². The fourth-order valence-electron chi connectivity index (χ4n) is 4.05. The quantitative estimate of drug-likeness (QED) is 0.140. The van der Waals surface area contributed by atoms with Crippen molar-refractivity contribution in [2.45, 2.75) is 11.5 Å². The maximum Gasteiger partial charge on any atom is 0.265 e. The van der Waals surface area contributed by atoms with Crippen LogP contribution in [-0.2, 0) is 21.4 Å². The van der Waals surface area contributed by atoms with Crippen molar-refractivity contribution in [2.75, 3.05) is 32.2 Å². The van der Waals surface area contributed by atoms with Crippen LogP contribution in [0.25, 0.3) is 0 Å². The molecule has 4 rings (SSSR count). The van der Waals surface area contributed by atoms with Gasteiger partial charge in [-0.15, -0.1) is 0 Å². The van der Waals surface area contributed by atoms with Gasteiger partial charge in [0.1, 0.15) is 24.7 Å². The van der Waals surface area contributed by atoms with E-state index in [-0.39, 0.29) is 27.1 Å². The van der Waals surface area contributed by atoms with Gasteiger partial charge in [0.25, 0.3) is 15.9 Å². The number of rotatable bonds is 13. The zero-order chi connectivity index (χ0) is 31.7. The maximum atomic E-state index is 13.9. The third kappa shape index (κ3) is 8.13. The summed E-state index contributed by atoms with van der Waals surface area (Å²) in [5, 5.41) is 4.87. The summed E-state index contributed by atoms with van der Waals surface area (Å²) in [6, 6.07) is 23.0. The van der Waals surface area contributed by atoms with Gasteiger partial charge in [0.05, 0.1) is 38.1 Å². The van der Waals surface area contributed by atoms with Gasteiger partial charge >= 0.3 is 0 Å². The van der Waals surface area contributed by atoms with Gasteiger partial charge in [-0.3, -0.25) is 9.10 Å². The highest BCUT2D eigenvalue weighted by Crippen LogP contribution is 2.37. The zero-order valence-corrected chi connectivity index (χ0v) is 26.3. The molecule has 44 heavy (non-hydrogen) atoms. The summed E-state index contributed by atoms with van der Waals surface area (Å²) < 4.78 is 50.4. The molecule has 10 nitrogen and oxygen atoms in total. The molecule has 1 amide bonds. The van der Waals surface area contributed by atoms with Crippen LogP contribution in [0.4, 0.5) is 5.69 Å². The first-order valence-electron chi connectivity index (χ1n) is 13.0. The lowest BCUT2D eigenvalue weighted by atomic mass is 10.2. The van der Waals surface area contributed by atoms with Gasteiger partial charge in [-0.25, -0.2) is 13.8 Å². The van der Waals surface area contributed by atoms with Crippen molar-refractivity contribution < 1.29 is 32.2 Å². The van der Waals surface area contributed by atoms with E-state index in [0.717, 1.165) is 9.87 Å². The molecule has 0 atom stereocenters. The van der Waals surface area contributed by atoms with E-state index in [0.29, 0.717) is 28.7 Å². The van der Waals surface area contributed by atoms with Gasteiger partial charge < -0.3 is 18.9 Å². The molecular weight excluding hydrogens is 629 g/mol. The smallest absolute Gasteiger partial charge is 0.265 e. The molecule has 4 aromatic rings. The van der Waals surface area contributed by atoms with Crippen molar-refractivity contribution in [1.82, 2.24) is 5.43 Å². The van der Waals surface area contributed by atoms with E-state index in [1.165, 1.54) is 57.9 Å². The number of hydrogen-bond donors (Lipinski definition) is 1. The highest BCUT2D eigenvalue weighted by atomic mass is 35.5. The number of anilines is 1. The molecule has 0 aliphatic carbocycles. The molecule has 13 heteroatoms. The number of amides is 1. The fraction of sp³-hybridized carbons (Fsp3) is 0.161. The molecular formula is C31H29Cl2N3O7S. The number of carbonyl (C=O) groups is 1. The number of methoxy groups -OCH3 is 3. The summed E-state index contributed by atoms with van der Waals surface area (Å²) in [6.07, 6.45) is 1.42. The first-order chi connectivity index (χ1) is 21.1. The second-order valence-corrected chi connectivity index (χ2v) is 11.9. The molecule has 0 aliphatic rings. The number of hydrogen-bond acceptors (Lipinski definition) is 8. The highest BCUT2D eigenvalue weighted by molar-refractivity contribution is 7.92. The predicted molar refractivity (Wildman–Crippen MR) is 170 cm³/mol. The van der Waals surface area contributed by atoms with Gasteiger partial charge in [-0.05, 0) is 77.9 Å². The Balaban J connectivity index is 1.50. The van der Waals surface area contributed by atoms with Crippen LogP contribution in [0.2, 0.25) is 10.0 Å². The summed E-state index contributed by atoms with van der Waals surface area (Å²) in [6.45, 7) is -0.287. The molecule has 0 bridgehead atoms. The van der Waals surface area contributed by atoms with Crippen LogP contribution in [0, 0.1) is 0 Å². The van der Waals surface area contributed by atoms with Crippen molar-refractivity contribution in [1.29, 1.82) is 0 Å². The SMILES string of the molecule is COc1ccc(S(=O)(=O)N(CC(=O)N/N=C\c2ccc(OCc3cccc(Cl)c3)cc2)c2cc(Cl)ccc2OC)cc1OC. The number of nitrogens with zero attached hydrogens (tertiary/aromatic N) is 2. The Morgan fingerprint density at radius 3 is 2.20 bits per heavy atom. The van der Waals surface area contributed by atoms with Gasteiger partial charge in [0.2, 0.25) is 0 Å².